The SMILES string of the molecule is CCCc1ccc(C(=O)CCC(=O)NCCCN2CCOCC2)cc1. The van der Waals surface area contributed by atoms with Crippen molar-refractivity contribution in [2.24, 2.45) is 0 Å². The number of aryl methyl sites for hydroxylation is 1. The third-order valence-corrected chi connectivity index (χ3v) is 4.47. The maximum Gasteiger partial charge on any atom is 0.220 e. The predicted molar refractivity (Wildman–Crippen MR) is 98.9 cm³/mol. The van der Waals surface area contributed by atoms with Gasteiger partial charge in [-0.1, -0.05) is 37.6 Å². The van der Waals surface area contributed by atoms with Crippen LogP contribution in [0.25, 0.3) is 0 Å². The summed E-state index contributed by atoms with van der Waals surface area (Å²) in [6.07, 6.45) is 3.58. The molecule has 5 nitrogen and oxygen atoms in total. The molecule has 1 aliphatic heterocycles. The number of hydrogen-bond donors (Lipinski definition) is 1. The van der Waals surface area contributed by atoms with Crippen LogP contribution < -0.4 is 5.32 Å². The van der Waals surface area contributed by atoms with Gasteiger partial charge in [0.25, 0.3) is 0 Å². The molecular formula is C20H30N2O3. The summed E-state index contributed by atoms with van der Waals surface area (Å²) < 4.78 is 5.31. The van der Waals surface area contributed by atoms with Gasteiger partial charge in [-0.2, -0.15) is 0 Å². The number of carbonyl (C=O) groups excluding carboxylic acids is 2. The Bertz CT molecular complexity index is 536. The number of nitrogens with zero attached hydrogens (tertiary/aromatic N) is 1. The van der Waals surface area contributed by atoms with E-state index in [2.05, 4.69) is 17.1 Å². The van der Waals surface area contributed by atoms with Crippen molar-refractivity contribution in [3.8, 4) is 0 Å². The zero-order valence-electron chi connectivity index (χ0n) is 15.3. The second-order valence-corrected chi connectivity index (χ2v) is 6.53. The topological polar surface area (TPSA) is 58.6 Å². The van der Waals surface area contributed by atoms with E-state index in [4.69, 9.17) is 4.74 Å². The number of morpholine rings is 1. The average Bonchev–Trinajstić information content (AvgIpc) is 2.65. The summed E-state index contributed by atoms with van der Waals surface area (Å²) in [5.41, 5.74) is 1.94. The van der Waals surface area contributed by atoms with Crippen molar-refractivity contribution in [1.29, 1.82) is 0 Å². The Morgan fingerprint density at radius 2 is 1.84 bits per heavy atom. The molecule has 1 aliphatic rings. The van der Waals surface area contributed by atoms with E-state index in [1.807, 2.05) is 24.3 Å². The third-order valence-electron chi connectivity index (χ3n) is 4.47. The van der Waals surface area contributed by atoms with Crippen LogP contribution in [0.2, 0.25) is 0 Å². The van der Waals surface area contributed by atoms with Crippen LogP contribution in [0.1, 0.15) is 48.5 Å². The van der Waals surface area contributed by atoms with Gasteiger partial charge < -0.3 is 10.1 Å². The molecule has 0 aromatic heterocycles. The highest BCUT2D eigenvalue weighted by atomic mass is 16.5. The van der Waals surface area contributed by atoms with Gasteiger partial charge in [0.05, 0.1) is 13.2 Å². The number of benzene rings is 1. The standard InChI is InChI=1S/C20H30N2O3/c1-2-4-17-5-7-18(8-6-17)19(23)9-10-20(24)21-11-3-12-22-13-15-25-16-14-22/h5-8H,2-4,9-16H2,1H3,(H,21,24). The molecule has 0 atom stereocenters. The van der Waals surface area contributed by atoms with E-state index in [0.717, 1.165) is 52.1 Å². The average molecular weight is 346 g/mol. The molecule has 1 aromatic rings. The molecule has 1 saturated heterocycles. The smallest absolute Gasteiger partial charge is 0.220 e. The quantitative estimate of drug-likeness (QED) is 0.522. The van der Waals surface area contributed by atoms with Crippen LogP contribution in [0.15, 0.2) is 24.3 Å². The fourth-order valence-electron chi connectivity index (χ4n) is 2.96. The molecule has 0 bridgehead atoms. The molecule has 138 valence electrons. The molecule has 2 rings (SSSR count). The van der Waals surface area contributed by atoms with Crippen LogP contribution in [0.5, 0.6) is 0 Å². The fraction of sp³-hybridized carbons (Fsp3) is 0.600. The Balaban J connectivity index is 1.59. The fourth-order valence-corrected chi connectivity index (χ4v) is 2.96. The summed E-state index contributed by atoms with van der Waals surface area (Å²) in [4.78, 5) is 26.4. The Morgan fingerprint density at radius 1 is 1.12 bits per heavy atom. The molecule has 0 unspecified atom stereocenters. The number of carbonyl (C=O) groups is 2. The second-order valence-electron chi connectivity index (χ2n) is 6.53. The lowest BCUT2D eigenvalue weighted by Crippen LogP contribution is -2.38. The zero-order chi connectivity index (χ0) is 17.9. The first-order valence-electron chi connectivity index (χ1n) is 9.38. The molecule has 1 fully saturated rings. The Kier molecular flexibility index (Phi) is 8.63. The monoisotopic (exact) mass is 346 g/mol. The molecule has 0 spiro atoms. The molecule has 1 amide bonds. The first kappa shape index (κ1) is 19.6. The van der Waals surface area contributed by atoms with Gasteiger partial charge in [-0.3, -0.25) is 14.5 Å². The Morgan fingerprint density at radius 3 is 2.52 bits per heavy atom. The summed E-state index contributed by atoms with van der Waals surface area (Å²) in [5, 5.41) is 2.91. The zero-order valence-corrected chi connectivity index (χ0v) is 15.3. The minimum absolute atomic E-state index is 0.0338. The number of ketones is 1. The van der Waals surface area contributed by atoms with Crippen molar-refractivity contribution in [2.75, 3.05) is 39.4 Å². The first-order valence-corrected chi connectivity index (χ1v) is 9.38. The highest BCUT2D eigenvalue weighted by molar-refractivity contribution is 5.97. The first-order chi connectivity index (χ1) is 12.2. The van der Waals surface area contributed by atoms with Crippen LogP contribution in [0.3, 0.4) is 0 Å². The maximum absolute atomic E-state index is 12.2. The van der Waals surface area contributed by atoms with Gasteiger partial charge in [-0.05, 0) is 24.9 Å². The summed E-state index contributed by atoms with van der Waals surface area (Å²) in [5.74, 6) is -0.00977. The third kappa shape index (κ3) is 7.36. The van der Waals surface area contributed by atoms with Crippen molar-refractivity contribution < 1.29 is 14.3 Å². The van der Waals surface area contributed by atoms with Gasteiger partial charge in [0.2, 0.25) is 5.91 Å². The number of hydrogen-bond acceptors (Lipinski definition) is 4. The normalized spacial score (nSPS) is 15.1. The van der Waals surface area contributed by atoms with Crippen LogP contribution in [0, 0.1) is 0 Å². The van der Waals surface area contributed by atoms with Gasteiger partial charge in [-0.25, -0.2) is 0 Å². The molecule has 1 aromatic carbocycles. The Hall–Kier alpha value is -1.72. The molecule has 0 saturated carbocycles. The lowest BCUT2D eigenvalue weighted by Gasteiger charge is -2.26. The highest BCUT2D eigenvalue weighted by Crippen LogP contribution is 2.10. The van der Waals surface area contributed by atoms with E-state index in [1.54, 1.807) is 0 Å². The Labute approximate surface area is 150 Å². The van der Waals surface area contributed by atoms with Crippen LogP contribution in [-0.2, 0) is 16.0 Å². The summed E-state index contributed by atoms with van der Waals surface area (Å²) in [6.45, 7) is 7.32. The number of rotatable bonds is 10. The lowest BCUT2D eigenvalue weighted by atomic mass is 10.0. The lowest BCUT2D eigenvalue weighted by molar-refractivity contribution is -0.121. The van der Waals surface area contributed by atoms with Gasteiger partial charge in [-0.15, -0.1) is 0 Å². The predicted octanol–water partition coefficient (Wildman–Crippen LogP) is 2.44. The van der Waals surface area contributed by atoms with E-state index >= 15 is 0 Å². The molecular weight excluding hydrogens is 316 g/mol. The van der Waals surface area contributed by atoms with Crippen molar-refractivity contribution in [3.63, 3.8) is 0 Å². The van der Waals surface area contributed by atoms with Gasteiger partial charge in [0, 0.05) is 38.0 Å². The maximum atomic E-state index is 12.2. The van der Waals surface area contributed by atoms with Crippen molar-refractivity contribution in [2.45, 2.75) is 39.0 Å². The molecule has 5 heteroatoms. The number of nitrogens with one attached hydrogen (secondary N) is 1. The van der Waals surface area contributed by atoms with E-state index in [1.165, 1.54) is 5.56 Å². The molecule has 1 heterocycles. The molecule has 1 N–H and O–H groups in total. The number of ether oxygens (including phenoxy) is 1. The van der Waals surface area contributed by atoms with E-state index in [-0.39, 0.29) is 24.5 Å². The second kappa shape index (κ2) is 11.0. The van der Waals surface area contributed by atoms with Crippen molar-refractivity contribution in [3.05, 3.63) is 35.4 Å². The van der Waals surface area contributed by atoms with Crippen LogP contribution in [-0.4, -0.2) is 56.0 Å². The van der Waals surface area contributed by atoms with Crippen LogP contribution >= 0.6 is 0 Å². The summed E-state index contributed by atoms with van der Waals surface area (Å²) in [7, 11) is 0. The summed E-state index contributed by atoms with van der Waals surface area (Å²) >= 11 is 0. The van der Waals surface area contributed by atoms with Crippen LogP contribution in [0.4, 0.5) is 0 Å². The van der Waals surface area contributed by atoms with E-state index in [9.17, 15) is 9.59 Å². The number of amides is 1. The largest absolute Gasteiger partial charge is 0.379 e. The van der Waals surface area contributed by atoms with Crippen molar-refractivity contribution in [1.82, 2.24) is 10.2 Å². The molecule has 0 aliphatic carbocycles. The van der Waals surface area contributed by atoms with Crippen molar-refractivity contribution >= 4 is 11.7 Å². The van der Waals surface area contributed by atoms with Gasteiger partial charge >= 0.3 is 0 Å². The number of Topliss-reactive ketones (excluding diaryl/α,β-unsaturated/α-hetero) is 1. The van der Waals surface area contributed by atoms with E-state index in [0.29, 0.717) is 12.1 Å². The van der Waals surface area contributed by atoms with Gasteiger partial charge in [0.1, 0.15) is 0 Å². The minimum atomic E-state index is -0.0436. The minimum Gasteiger partial charge on any atom is -0.379 e. The molecule has 0 radical (unpaired) electrons. The van der Waals surface area contributed by atoms with E-state index < -0.39 is 0 Å². The highest BCUT2D eigenvalue weighted by Gasteiger charge is 2.11. The molecule has 25 heavy (non-hydrogen) atoms. The summed E-state index contributed by atoms with van der Waals surface area (Å²) in [6, 6.07) is 7.74. The van der Waals surface area contributed by atoms with Gasteiger partial charge in [0.15, 0.2) is 5.78 Å².